The smallest absolute Gasteiger partial charge is 0.274 e. The number of methoxy groups -OCH3 is 1. The standard InChI is InChI=1S/C21H13Cl2N3O5/c1-30-19-9-14(26(28)29)6-11(20(19)27)10-24-13-3-5-18-17(8-13)25-21(31-18)15-7-12(22)2-4-16(15)23/h2-10,27H,1H3. The zero-order valence-electron chi connectivity index (χ0n) is 15.9. The number of hydrogen-bond acceptors (Lipinski definition) is 7. The van der Waals surface area contributed by atoms with Crippen molar-refractivity contribution in [2.45, 2.75) is 0 Å². The Morgan fingerprint density at radius 3 is 2.74 bits per heavy atom. The van der Waals surface area contributed by atoms with E-state index in [0.717, 1.165) is 6.07 Å². The molecule has 156 valence electrons. The predicted molar refractivity (Wildman–Crippen MR) is 118 cm³/mol. The highest BCUT2D eigenvalue weighted by molar-refractivity contribution is 6.35. The van der Waals surface area contributed by atoms with E-state index in [-0.39, 0.29) is 22.7 Å². The van der Waals surface area contributed by atoms with Crippen molar-refractivity contribution in [3.05, 3.63) is 74.3 Å². The maximum absolute atomic E-state index is 11.1. The molecule has 8 nitrogen and oxygen atoms in total. The number of non-ortho nitro benzene ring substituents is 1. The number of hydrogen-bond donors (Lipinski definition) is 1. The van der Waals surface area contributed by atoms with Gasteiger partial charge in [0.05, 0.1) is 34.4 Å². The normalized spacial score (nSPS) is 11.3. The number of aromatic nitrogens is 1. The monoisotopic (exact) mass is 457 g/mol. The van der Waals surface area contributed by atoms with Crippen LogP contribution in [0.1, 0.15) is 5.56 Å². The molecule has 0 atom stereocenters. The molecule has 1 N–H and O–H groups in total. The number of halogens is 2. The summed E-state index contributed by atoms with van der Waals surface area (Å²) in [6, 6.07) is 12.4. The third-order valence-electron chi connectivity index (χ3n) is 4.40. The summed E-state index contributed by atoms with van der Waals surface area (Å²) >= 11 is 12.3. The molecule has 0 radical (unpaired) electrons. The lowest BCUT2D eigenvalue weighted by atomic mass is 10.1. The number of phenolic OH excluding ortho intramolecular Hbond substituents is 1. The fraction of sp³-hybridized carbons (Fsp3) is 0.0476. The molecule has 10 heteroatoms. The van der Waals surface area contributed by atoms with E-state index < -0.39 is 4.92 Å². The number of oxazole rings is 1. The van der Waals surface area contributed by atoms with Crippen molar-refractivity contribution >= 4 is 51.9 Å². The van der Waals surface area contributed by atoms with E-state index in [1.165, 1.54) is 19.4 Å². The van der Waals surface area contributed by atoms with Gasteiger partial charge in [0.25, 0.3) is 5.69 Å². The number of benzene rings is 3. The lowest BCUT2D eigenvalue weighted by Crippen LogP contribution is -1.94. The Labute approximate surface area is 185 Å². The summed E-state index contributed by atoms with van der Waals surface area (Å²) in [6.45, 7) is 0. The number of nitro benzene ring substituents is 1. The number of rotatable bonds is 5. The molecule has 0 aliphatic rings. The summed E-state index contributed by atoms with van der Waals surface area (Å²) in [5, 5.41) is 22.3. The molecule has 0 bridgehead atoms. The van der Waals surface area contributed by atoms with Crippen molar-refractivity contribution in [2.75, 3.05) is 7.11 Å². The molecule has 0 saturated carbocycles. The van der Waals surface area contributed by atoms with Crippen LogP contribution in [-0.4, -0.2) is 28.3 Å². The first-order valence-electron chi connectivity index (χ1n) is 8.81. The SMILES string of the molecule is COc1cc([N+](=O)[O-])cc(C=Nc2ccc3oc(-c4cc(Cl)ccc4Cl)nc3c2)c1O. The fourth-order valence-corrected chi connectivity index (χ4v) is 3.26. The summed E-state index contributed by atoms with van der Waals surface area (Å²) in [7, 11) is 1.31. The van der Waals surface area contributed by atoms with Gasteiger partial charge in [-0.2, -0.15) is 0 Å². The average Bonchev–Trinajstić information content (AvgIpc) is 3.17. The molecule has 4 aromatic rings. The van der Waals surface area contributed by atoms with Crippen molar-refractivity contribution in [3.63, 3.8) is 0 Å². The summed E-state index contributed by atoms with van der Waals surface area (Å²) in [6.07, 6.45) is 1.31. The lowest BCUT2D eigenvalue weighted by molar-refractivity contribution is -0.385. The molecule has 31 heavy (non-hydrogen) atoms. The van der Waals surface area contributed by atoms with Crippen LogP contribution < -0.4 is 4.74 Å². The molecule has 0 aliphatic carbocycles. The van der Waals surface area contributed by atoms with Gasteiger partial charge in [0, 0.05) is 22.9 Å². The highest BCUT2D eigenvalue weighted by Gasteiger charge is 2.16. The second-order valence-electron chi connectivity index (χ2n) is 6.40. The first-order chi connectivity index (χ1) is 14.9. The molecule has 0 saturated heterocycles. The van der Waals surface area contributed by atoms with Gasteiger partial charge in [-0.05, 0) is 36.4 Å². The first kappa shape index (κ1) is 20.6. The van der Waals surface area contributed by atoms with E-state index in [9.17, 15) is 15.2 Å². The third kappa shape index (κ3) is 4.16. The zero-order chi connectivity index (χ0) is 22.1. The van der Waals surface area contributed by atoms with Gasteiger partial charge in [0.1, 0.15) is 5.52 Å². The molecule has 0 aliphatic heterocycles. The van der Waals surface area contributed by atoms with Crippen LogP contribution in [0.15, 0.2) is 57.9 Å². The first-order valence-corrected chi connectivity index (χ1v) is 9.57. The number of nitro groups is 1. The number of nitrogens with zero attached hydrogens (tertiary/aromatic N) is 3. The molecule has 0 unspecified atom stereocenters. The highest BCUT2D eigenvalue weighted by atomic mass is 35.5. The Morgan fingerprint density at radius 2 is 2.00 bits per heavy atom. The Kier molecular flexibility index (Phi) is 5.50. The Hall–Kier alpha value is -3.62. The molecule has 3 aromatic carbocycles. The molecular formula is C21H13Cl2N3O5. The van der Waals surface area contributed by atoms with E-state index in [1.807, 2.05) is 0 Å². The minimum absolute atomic E-state index is 0.0226. The molecule has 0 amide bonds. The van der Waals surface area contributed by atoms with Crippen LogP contribution >= 0.6 is 23.2 Å². The van der Waals surface area contributed by atoms with E-state index >= 15 is 0 Å². The van der Waals surface area contributed by atoms with Gasteiger partial charge in [-0.15, -0.1) is 0 Å². The number of aromatic hydroxyl groups is 1. The third-order valence-corrected chi connectivity index (χ3v) is 4.97. The highest BCUT2D eigenvalue weighted by Crippen LogP contribution is 2.35. The Morgan fingerprint density at radius 1 is 1.19 bits per heavy atom. The predicted octanol–water partition coefficient (Wildman–Crippen LogP) is 6.17. The van der Waals surface area contributed by atoms with Crippen LogP contribution in [-0.2, 0) is 0 Å². The fourth-order valence-electron chi connectivity index (χ4n) is 2.89. The van der Waals surface area contributed by atoms with Gasteiger partial charge in [-0.3, -0.25) is 15.1 Å². The van der Waals surface area contributed by atoms with Gasteiger partial charge in [0.2, 0.25) is 5.89 Å². The quantitative estimate of drug-likeness (QED) is 0.217. The second kappa shape index (κ2) is 8.25. The molecule has 1 heterocycles. The van der Waals surface area contributed by atoms with Gasteiger partial charge in [-0.1, -0.05) is 23.2 Å². The second-order valence-corrected chi connectivity index (χ2v) is 7.24. The van der Waals surface area contributed by atoms with E-state index in [1.54, 1.807) is 36.4 Å². The van der Waals surface area contributed by atoms with Crippen molar-refractivity contribution < 1.29 is 19.2 Å². The summed E-state index contributed by atoms with van der Waals surface area (Å²) in [4.78, 5) is 19.3. The minimum Gasteiger partial charge on any atom is -0.504 e. The van der Waals surface area contributed by atoms with Gasteiger partial charge in [-0.25, -0.2) is 4.98 Å². The van der Waals surface area contributed by atoms with Crippen molar-refractivity contribution in [2.24, 2.45) is 4.99 Å². The number of phenols is 1. The van der Waals surface area contributed by atoms with Crippen LogP contribution in [0.5, 0.6) is 11.5 Å². The molecule has 0 spiro atoms. The number of aliphatic imine (C=N–C) groups is 1. The zero-order valence-corrected chi connectivity index (χ0v) is 17.4. The van der Waals surface area contributed by atoms with E-state index in [4.69, 9.17) is 32.4 Å². The topological polar surface area (TPSA) is 111 Å². The van der Waals surface area contributed by atoms with Crippen molar-refractivity contribution in [1.82, 2.24) is 4.98 Å². The Balaban J connectivity index is 1.70. The van der Waals surface area contributed by atoms with E-state index in [2.05, 4.69) is 9.98 Å². The summed E-state index contributed by atoms with van der Waals surface area (Å²) in [5.74, 6) is 0.0348. The summed E-state index contributed by atoms with van der Waals surface area (Å²) in [5.41, 5.74) is 2.01. The number of fused-ring (bicyclic) bond motifs is 1. The maximum Gasteiger partial charge on any atom is 0.274 e. The Bertz CT molecular complexity index is 1350. The maximum atomic E-state index is 11.1. The average molecular weight is 458 g/mol. The van der Waals surface area contributed by atoms with Crippen molar-refractivity contribution in [3.8, 4) is 23.0 Å². The summed E-state index contributed by atoms with van der Waals surface area (Å²) < 4.78 is 10.8. The molecular weight excluding hydrogens is 445 g/mol. The molecule has 1 aromatic heterocycles. The van der Waals surface area contributed by atoms with Crippen LogP contribution in [0.25, 0.3) is 22.6 Å². The van der Waals surface area contributed by atoms with Crippen LogP contribution in [0, 0.1) is 10.1 Å². The van der Waals surface area contributed by atoms with Crippen LogP contribution in [0.4, 0.5) is 11.4 Å². The minimum atomic E-state index is -0.580. The van der Waals surface area contributed by atoms with Crippen LogP contribution in [0.3, 0.4) is 0 Å². The van der Waals surface area contributed by atoms with Crippen LogP contribution in [0.2, 0.25) is 10.0 Å². The van der Waals surface area contributed by atoms with E-state index in [0.29, 0.717) is 38.3 Å². The largest absolute Gasteiger partial charge is 0.504 e. The molecule has 0 fully saturated rings. The number of ether oxygens (including phenoxy) is 1. The molecule has 4 rings (SSSR count). The van der Waals surface area contributed by atoms with Crippen molar-refractivity contribution in [1.29, 1.82) is 0 Å². The van der Waals surface area contributed by atoms with Gasteiger partial charge >= 0.3 is 0 Å². The van der Waals surface area contributed by atoms with Gasteiger partial charge < -0.3 is 14.3 Å². The lowest BCUT2D eigenvalue weighted by Gasteiger charge is -2.05. The van der Waals surface area contributed by atoms with Gasteiger partial charge in [0.15, 0.2) is 17.1 Å².